The molecule has 2 saturated heterocycles. The first kappa shape index (κ1) is 12.8. The maximum absolute atomic E-state index is 8.90. The molecule has 0 aliphatic carbocycles. The van der Waals surface area contributed by atoms with Crippen LogP contribution in [-0.4, -0.2) is 61.8 Å². The van der Waals surface area contributed by atoms with Crippen molar-refractivity contribution in [3.05, 3.63) is 0 Å². The number of piperidine rings is 1. The van der Waals surface area contributed by atoms with Crippen molar-refractivity contribution in [2.45, 2.75) is 25.8 Å². The predicted molar refractivity (Wildman–Crippen MR) is 66.6 cm³/mol. The molecule has 1 atom stereocenters. The van der Waals surface area contributed by atoms with Crippen LogP contribution in [0.15, 0.2) is 0 Å². The predicted octanol–water partition coefficient (Wildman–Crippen LogP) is 0.943. The van der Waals surface area contributed by atoms with Crippen LogP contribution in [0, 0.1) is 17.2 Å². The minimum atomic E-state index is 0.0827. The Kier molecular flexibility index (Phi) is 4.78. The van der Waals surface area contributed by atoms with Crippen molar-refractivity contribution in [2.75, 3.05) is 45.9 Å². The highest BCUT2D eigenvalue weighted by Gasteiger charge is 2.24. The number of ether oxygens (including phenoxy) is 1. The SMILES string of the molecule is C[C@@H](C#N)N1CCC(CN2CCOCC2)CC1. The number of morpholine rings is 1. The summed E-state index contributed by atoms with van der Waals surface area (Å²) in [5.74, 6) is 0.815. The van der Waals surface area contributed by atoms with E-state index in [-0.39, 0.29) is 6.04 Å². The smallest absolute Gasteiger partial charge is 0.0949 e. The van der Waals surface area contributed by atoms with Crippen LogP contribution in [0.2, 0.25) is 0 Å². The Balaban J connectivity index is 1.70. The van der Waals surface area contributed by atoms with Gasteiger partial charge in [0.05, 0.1) is 25.3 Å². The molecule has 0 aromatic heterocycles. The van der Waals surface area contributed by atoms with E-state index in [2.05, 4.69) is 15.9 Å². The van der Waals surface area contributed by atoms with Crippen molar-refractivity contribution in [2.24, 2.45) is 5.92 Å². The molecule has 2 rings (SSSR count). The van der Waals surface area contributed by atoms with Gasteiger partial charge >= 0.3 is 0 Å². The van der Waals surface area contributed by atoms with Gasteiger partial charge in [0.15, 0.2) is 0 Å². The van der Waals surface area contributed by atoms with E-state index in [0.717, 1.165) is 45.3 Å². The van der Waals surface area contributed by atoms with E-state index in [1.807, 2.05) is 6.92 Å². The number of likely N-dealkylation sites (tertiary alicyclic amines) is 1. The third-order valence-electron chi connectivity index (χ3n) is 4.00. The molecule has 0 amide bonds. The molecule has 0 spiro atoms. The molecule has 2 aliphatic rings. The highest BCUT2D eigenvalue weighted by molar-refractivity contribution is 4.90. The standard InChI is InChI=1S/C13H23N3O/c1-12(10-14)16-4-2-13(3-5-16)11-15-6-8-17-9-7-15/h12-13H,2-9,11H2,1H3/t12-/m0/s1. The van der Waals surface area contributed by atoms with Crippen molar-refractivity contribution in [3.63, 3.8) is 0 Å². The quantitative estimate of drug-likeness (QED) is 0.732. The summed E-state index contributed by atoms with van der Waals surface area (Å²) in [4.78, 5) is 4.83. The second-order valence-electron chi connectivity index (χ2n) is 5.20. The topological polar surface area (TPSA) is 39.5 Å². The van der Waals surface area contributed by atoms with Crippen LogP contribution >= 0.6 is 0 Å². The highest BCUT2D eigenvalue weighted by Crippen LogP contribution is 2.20. The van der Waals surface area contributed by atoms with E-state index in [4.69, 9.17) is 10.00 Å². The zero-order chi connectivity index (χ0) is 12.1. The Morgan fingerprint density at radius 1 is 1.24 bits per heavy atom. The summed E-state index contributed by atoms with van der Waals surface area (Å²) in [7, 11) is 0. The minimum absolute atomic E-state index is 0.0827. The van der Waals surface area contributed by atoms with Crippen molar-refractivity contribution < 1.29 is 4.74 Å². The zero-order valence-electron chi connectivity index (χ0n) is 10.8. The molecule has 2 fully saturated rings. The molecule has 4 nitrogen and oxygen atoms in total. The third-order valence-corrected chi connectivity index (χ3v) is 4.00. The molecule has 0 saturated carbocycles. The Labute approximate surface area is 104 Å². The normalized spacial score (nSPS) is 26.6. The first-order chi connectivity index (χ1) is 8.29. The molecule has 2 heterocycles. The lowest BCUT2D eigenvalue weighted by atomic mass is 9.95. The fourth-order valence-corrected chi connectivity index (χ4v) is 2.75. The lowest BCUT2D eigenvalue weighted by molar-refractivity contribution is 0.0238. The second kappa shape index (κ2) is 6.34. The second-order valence-corrected chi connectivity index (χ2v) is 5.20. The highest BCUT2D eigenvalue weighted by atomic mass is 16.5. The first-order valence-electron chi connectivity index (χ1n) is 6.73. The number of nitriles is 1. The summed E-state index contributed by atoms with van der Waals surface area (Å²) in [5, 5.41) is 8.90. The molecule has 96 valence electrons. The third kappa shape index (κ3) is 3.67. The average Bonchev–Trinajstić information content (AvgIpc) is 2.40. The van der Waals surface area contributed by atoms with Crippen LogP contribution in [0.3, 0.4) is 0 Å². The molecule has 17 heavy (non-hydrogen) atoms. The Morgan fingerprint density at radius 2 is 1.88 bits per heavy atom. The van der Waals surface area contributed by atoms with Gasteiger partial charge in [-0.1, -0.05) is 0 Å². The van der Waals surface area contributed by atoms with Gasteiger partial charge < -0.3 is 4.74 Å². The molecular weight excluding hydrogens is 214 g/mol. The van der Waals surface area contributed by atoms with Gasteiger partial charge in [-0.3, -0.25) is 9.80 Å². The molecule has 4 heteroatoms. The van der Waals surface area contributed by atoms with Gasteiger partial charge in [-0.05, 0) is 38.8 Å². The lowest BCUT2D eigenvalue weighted by Crippen LogP contribution is -2.44. The average molecular weight is 237 g/mol. The summed E-state index contributed by atoms with van der Waals surface area (Å²) >= 11 is 0. The monoisotopic (exact) mass is 237 g/mol. The molecule has 0 aromatic carbocycles. The van der Waals surface area contributed by atoms with Crippen molar-refractivity contribution in [3.8, 4) is 6.07 Å². The van der Waals surface area contributed by atoms with Gasteiger partial charge in [-0.25, -0.2) is 0 Å². The molecule has 0 bridgehead atoms. The number of hydrogen-bond donors (Lipinski definition) is 0. The van der Waals surface area contributed by atoms with E-state index >= 15 is 0 Å². The van der Waals surface area contributed by atoms with Crippen LogP contribution in [0.5, 0.6) is 0 Å². The van der Waals surface area contributed by atoms with Gasteiger partial charge in [-0.15, -0.1) is 0 Å². The largest absolute Gasteiger partial charge is 0.379 e. The maximum Gasteiger partial charge on any atom is 0.0949 e. The fourth-order valence-electron chi connectivity index (χ4n) is 2.75. The molecule has 0 N–H and O–H groups in total. The minimum Gasteiger partial charge on any atom is -0.379 e. The van der Waals surface area contributed by atoms with Gasteiger partial charge in [0.25, 0.3) is 0 Å². The summed E-state index contributed by atoms with van der Waals surface area (Å²) in [6.07, 6.45) is 2.48. The van der Waals surface area contributed by atoms with Crippen LogP contribution in [0.1, 0.15) is 19.8 Å². The number of rotatable bonds is 3. The van der Waals surface area contributed by atoms with E-state index in [9.17, 15) is 0 Å². The van der Waals surface area contributed by atoms with Gasteiger partial charge in [0.1, 0.15) is 0 Å². The first-order valence-corrected chi connectivity index (χ1v) is 6.73. The summed E-state index contributed by atoms with van der Waals surface area (Å²) in [6, 6.07) is 2.41. The van der Waals surface area contributed by atoms with Crippen LogP contribution in [0.25, 0.3) is 0 Å². The van der Waals surface area contributed by atoms with E-state index < -0.39 is 0 Å². The zero-order valence-corrected chi connectivity index (χ0v) is 10.8. The van der Waals surface area contributed by atoms with E-state index in [1.54, 1.807) is 0 Å². The van der Waals surface area contributed by atoms with Gasteiger partial charge in [-0.2, -0.15) is 5.26 Å². The van der Waals surface area contributed by atoms with Gasteiger partial charge in [0, 0.05) is 19.6 Å². The Bertz CT molecular complexity index is 262. The lowest BCUT2D eigenvalue weighted by Gasteiger charge is -2.36. The summed E-state index contributed by atoms with van der Waals surface area (Å²) in [6.45, 7) is 9.37. The molecule has 0 unspecified atom stereocenters. The maximum atomic E-state index is 8.90. The molecule has 0 aromatic rings. The van der Waals surface area contributed by atoms with Crippen molar-refractivity contribution in [1.29, 1.82) is 5.26 Å². The van der Waals surface area contributed by atoms with Crippen LogP contribution in [-0.2, 0) is 4.74 Å². The van der Waals surface area contributed by atoms with Crippen molar-refractivity contribution in [1.82, 2.24) is 9.80 Å². The summed E-state index contributed by atoms with van der Waals surface area (Å²) in [5.41, 5.74) is 0. The van der Waals surface area contributed by atoms with Gasteiger partial charge in [0.2, 0.25) is 0 Å². The van der Waals surface area contributed by atoms with Crippen LogP contribution in [0.4, 0.5) is 0 Å². The van der Waals surface area contributed by atoms with E-state index in [1.165, 1.54) is 19.4 Å². The van der Waals surface area contributed by atoms with E-state index in [0.29, 0.717) is 0 Å². The fraction of sp³-hybridized carbons (Fsp3) is 0.923. The van der Waals surface area contributed by atoms with Crippen LogP contribution < -0.4 is 0 Å². The summed E-state index contributed by atoms with van der Waals surface area (Å²) < 4.78 is 5.37. The molecule has 0 radical (unpaired) electrons. The Morgan fingerprint density at radius 3 is 2.47 bits per heavy atom. The number of nitrogens with zero attached hydrogens (tertiary/aromatic N) is 3. The van der Waals surface area contributed by atoms with Crippen molar-refractivity contribution >= 4 is 0 Å². The Hall–Kier alpha value is -0.630. The molecule has 2 aliphatic heterocycles. The molecular formula is C13H23N3O. The number of hydrogen-bond acceptors (Lipinski definition) is 4.